The van der Waals surface area contributed by atoms with Gasteiger partial charge in [0.2, 0.25) is 10.0 Å². The number of carbonyl (C=O) groups excluding carboxylic acids is 1. The van der Waals surface area contributed by atoms with E-state index < -0.39 is 21.7 Å². The summed E-state index contributed by atoms with van der Waals surface area (Å²) in [5.41, 5.74) is 2.16. The molecule has 2 aromatic rings. The van der Waals surface area contributed by atoms with E-state index in [9.17, 15) is 17.6 Å². The number of rotatable bonds is 5. The molecule has 0 heterocycles. The molecule has 2 N–H and O–H groups in total. The number of hydrogen-bond acceptors (Lipinski definition) is 3. The van der Waals surface area contributed by atoms with Gasteiger partial charge >= 0.3 is 0 Å². The molecule has 0 saturated heterocycles. The fourth-order valence-electron chi connectivity index (χ4n) is 3.42. The van der Waals surface area contributed by atoms with Gasteiger partial charge in [-0.1, -0.05) is 18.9 Å². The molecule has 3 rings (SSSR count). The van der Waals surface area contributed by atoms with Crippen molar-refractivity contribution in [3.63, 3.8) is 0 Å². The van der Waals surface area contributed by atoms with Crippen LogP contribution in [0.15, 0.2) is 41.3 Å². The molecule has 1 aliphatic rings. The zero-order valence-electron chi connectivity index (χ0n) is 15.4. The minimum Gasteiger partial charge on any atom is -0.322 e. The van der Waals surface area contributed by atoms with Crippen molar-refractivity contribution in [2.24, 2.45) is 0 Å². The molecule has 0 spiro atoms. The largest absolute Gasteiger partial charge is 0.322 e. The van der Waals surface area contributed by atoms with E-state index >= 15 is 0 Å². The lowest BCUT2D eigenvalue weighted by Crippen LogP contribution is -2.32. The Hall–Kier alpha value is -2.25. The van der Waals surface area contributed by atoms with Gasteiger partial charge in [-0.2, -0.15) is 0 Å². The van der Waals surface area contributed by atoms with Crippen molar-refractivity contribution < 1.29 is 17.6 Å². The van der Waals surface area contributed by atoms with Crippen LogP contribution in [-0.4, -0.2) is 20.4 Å². The maximum atomic E-state index is 14.2. The van der Waals surface area contributed by atoms with Crippen molar-refractivity contribution in [1.29, 1.82) is 0 Å². The summed E-state index contributed by atoms with van der Waals surface area (Å²) in [6, 6.07) is 8.67. The Balaban J connectivity index is 1.85. The number of hydrogen-bond donors (Lipinski definition) is 2. The van der Waals surface area contributed by atoms with Crippen LogP contribution in [-0.2, 0) is 10.0 Å². The number of benzene rings is 2. The molecule has 144 valence electrons. The van der Waals surface area contributed by atoms with Gasteiger partial charge in [-0.15, -0.1) is 0 Å². The number of carbonyl (C=O) groups is 1. The maximum absolute atomic E-state index is 14.2. The molecule has 27 heavy (non-hydrogen) atoms. The van der Waals surface area contributed by atoms with Gasteiger partial charge in [0.05, 0.1) is 10.5 Å². The van der Waals surface area contributed by atoms with Crippen molar-refractivity contribution in [3.05, 3.63) is 58.9 Å². The first kappa shape index (κ1) is 19.5. The van der Waals surface area contributed by atoms with E-state index in [1.54, 1.807) is 12.1 Å². The first-order valence-corrected chi connectivity index (χ1v) is 10.4. The molecule has 1 aliphatic carbocycles. The highest BCUT2D eigenvalue weighted by Crippen LogP contribution is 2.22. The minimum absolute atomic E-state index is 0.104. The molecular formula is C20H23FN2O3S. The summed E-state index contributed by atoms with van der Waals surface area (Å²) < 4.78 is 42.0. The SMILES string of the molecule is Cc1cc(C)cc(NC(=O)c2cc(S(=O)(=O)NC3CCCC3)ccc2F)c1. The average Bonchev–Trinajstić information content (AvgIpc) is 3.06. The second-order valence-electron chi connectivity index (χ2n) is 7.07. The summed E-state index contributed by atoms with van der Waals surface area (Å²) in [6.45, 7) is 3.79. The maximum Gasteiger partial charge on any atom is 0.258 e. The Labute approximate surface area is 159 Å². The summed E-state index contributed by atoms with van der Waals surface area (Å²) >= 11 is 0. The number of nitrogens with one attached hydrogen (secondary N) is 2. The quantitative estimate of drug-likeness (QED) is 0.813. The van der Waals surface area contributed by atoms with E-state index in [0.29, 0.717) is 5.69 Å². The molecule has 0 aliphatic heterocycles. The van der Waals surface area contributed by atoms with E-state index in [-0.39, 0.29) is 16.5 Å². The van der Waals surface area contributed by atoms with Gasteiger partial charge in [-0.05, 0) is 68.1 Å². The Bertz CT molecular complexity index is 947. The van der Waals surface area contributed by atoms with Crippen molar-refractivity contribution in [1.82, 2.24) is 4.72 Å². The second kappa shape index (κ2) is 7.78. The predicted molar refractivity (Wildman–Crippen MR) is 103 cm³/mol. The van der Waals surface area contributed by atoms with E-state index in [1.807, 2.05) is 19.9 Å². The third-order valence-electron chi connectivity index (χ3n) is 4.65. The topological polar surface area (TPSA) is 75.3 Å². The van der Waals surface area contributed by atoms with Gasteiger partial charge < -0.3 is 5.32 Å². The van der Waals surface area contributed by atoms with Crippen molar-refractivity contribution in [3.8, 4) is 0 Å². The van der Waals surface area contributed by atoms with Crippen molar-refractivity contribution in [2.75, 3.05) is 5.32 Å². The Kier molecular flexibility index (Phi) is 5.62. The Morgan fingerprint density at radius 1 is 1.04 bits per heavy atom. The van der Waals surface area contributed by atoms with Gasteiger partial charge in [0, 0.05) is 11.7 Å². The predicted octanol–water partition coefficient (Wildman–Crippen LogP) is 3.92. The van der Waals surface area contributed by atoms with Crippen molar-refractivity contribution in [2.45, 2.75) is 50.5 Å². The molecule has 5 nitrogen and oxygen atoms in total. The smallest absolute Gasteiger partial charge is 0.258 e. The van der Waals surface area contributed by atoms with Crippen LogP contribution >= 0.6 is 0 Å². The third kappa shape index (κ3) is 4.73. The second-order valence-corrected chi connectivity index (χ2v) is 8.79. The van der Waals surface area contributed by atoms with Crippen LogP contribution in [0.2, 0.25) is 0 Å². The highest BCUT2D eigenvalue weighted by atomic mass is 32.2. The van der Waals surface area contributed by atoms with E-state index in [4.69, 9.17) is 0 Å². The highest BCUT2D eigenvalue weighted by Gasteiger charge is 2.24. The van der Waals surface area contributed by atoms with Gasteiger partial charge in [-0.3, -0.25) is 4.79 Å². The minimum atomic E-state index is -3.80. The zero-order valence-corrected chi connectivity index (χ0v) is 16.2. The molecule has 0 bridgehead atoms. The number of amides is 1. The van der Waals surface area contributed by atoms with Gasteiger partial charge in [0.15, 0.2) is 0 Å². The van der Waals surface area contributed by atoms with E-state index in [0.717, 1.165) is 48.9 Å². The third-order valence-corrected chi connectivity index (χ3v) is 6.17. The van der Waals surface area contributed by atoms with Gasteiger partial charge in [-0.25, -0.2) is 17.5 Å². The standard InChI is InChI=1S/C20H23FN2O3S/c1-13-9-14(2)11-16(10-13)22-20(24)18-12-17(7-8-19(18)21)27(25,26)23-15-5-3-4-6-15/h7-12,15,23H,3-6H2,1-2H3,(H,22,24). The Morgan fingerprint density at radius 3 is 2.30 bits per heavy atom. The lowest BCUT2D eigenvalue weighted by Gasteiger charge is -2.14. The number of halogens is 1. The molecule has 0 aromatic heterocycles. The van der Waals surface area contributed by atoms with Crippen LogP contribution in [0.1, 0.15) is 47.2 Å². The van der Waals surface area contributed by atoms with Crippen LogP contribution in [0.3, 0.4) is 0 Å². The lowest BCUT2D eigenvalue weighted by molar-refractivity contribution is 0.102. The lowest BCUT2D eigenvalue weighted by atomic mass is 10.1. The molecule has 1 fully saturated rings. The van der Waals surface area contributed by atoms with Crippen LogP contribution in [0, 0.1) is 19.7 Å². The number of anilines is 1. The van der Waals surface area contributed by atoms with Gasteiger partial charge in [0.25, 0.3) is 5.91 Å². The first-order valence-electron chi connectivity index (χ1n) is 8.96. The molecule has 0 unspecified atom stereocenters. The zero-order chi connectivity index (χ0) is 19.6. The summed E-state index contributed by atoms with van der Waals surface area (Å²) in [7, 11) is -3.80. The molecule has 1 saturated carbocycles. The normalized spacial score (nSPS) is 15.1. The fraction of sp³-hybridized carbons (Fsp3) is 0.350. The fourth-order valence-corrected chi connectivity index (χ4v) is 4.75. The summed E-state index contributed by atoms with van der Waals surface area (Å²) in [5, 5.41) is 2.64. The highest BCUT2D eigenvalue weighted by molar-refractivity contribution is 7.89. The first-order chi connectivity index (χ1) is 12.7. The average molecular weight is 390 g/mol. The van der Waals surface area contributed by atoms with Crippen LogP contribution in [0.25, 0.3) is 0 Å². The molecular weight excluding hydrogens is 367 g/mol. The van der Waals surface area contributed by atoms with E-state index in [2.05, 4.69) is 10.0 Å². The Morgan fingerprint density at radius 2 is 1.67 bits per heavy atom. The van der Waals surface area contributed by atoms with E-state index in [1.165, 1.54) is 6.07 Å². The monoisotopic (exact) mass is 390 g/mol. The molecule has 1 amide bonds. The molecule has 2 aromatic carbocycles. The molecule has 7 heteroatoms. The number of aryl methyl sites for hydroxylation is 2. The molecule has 0 atom stereocenters. The summed E-state index contributed by atoms with van der Waals surface area (Å²) in [5.74, 6) is -1.45. The number of sulfonamides is 1. The van der Waals surface area contributed by atoms with Gasteiger partial charge in [0.1, 0.15) is 5.82 Å². The van der Waals surface area contributed by atoms with Crippen LogP contribution < -0.4 is 10.0 Å². The summed E-state index contributed by atoms with van der Waals surface area (Å²) in [6.07, 6.45) is 3.56. The van der Waals surface area contributed by atoms with Crippen LogP contribution in [0.5, 0.6) is 0 Å². The molecule has 0 radical (unpaired) electrons. The van der Waals surface area contributed by atoms with Crippen molar-refractivity contribution >= 4 is 21.6 Å². The summed E-state index contributed by atoms with van der Waals surface area (Å²) in [4.78, 5) is 12.4. The van der Waals surface area contributed by atoms with Crippen LogP contribution in [0.4, 0.5) is 10.1 Å².